The molecule has 17 heavy (non-hydrogen) atoms. The molecule has 2 rings (SSSR count). The van der Waals surface area contributed by atoms with Gasteiger partial charge in [0.05, 0.1) is 6.61 Å². The van der Waals surface area contributed by atoms with E-state index in [-0.39, 0.29) is 0 Å². The Morgan fingerprint density at radius 2 is 2.35 bits per heavy atom. The van der Waals surface area contributed by atoms with E-state index in [0.29, 0.717) is 6.04 Å². The van der Waals surface area contributed by atoms with Crippen LogP contribution in [-0.2, 0) is 4.74 Å². The molecule has 0 radical (unpaired) electrons. The Morgan fingerprint density at radius 1 is 1.47 bits per heavy atom. The Labute approximate surface area is 110 Å². The summed E-state index contributed by atoms with van der Waals surface area (Å²) in [7, 11) is 1.80. The highest BCUT2D eigenvalue weighted by atomic mass is 32.2. The molecule has 0 amide bonds. The van der Waals surface area contributed by atoms with Gasteiger partial charge in [0, 0.05) is 43.3 Å². The molecule has 3 unspecified atom stereocenters. The van der Waals surface area contributed by atoms with Crippen LogP contribution >= 0.6 is 11.8 Å². The van der Waals surface area contributed by atoms with Gasteiger partial charge in [0.1, 0.15) is 0 Å². The summed E-state index contributed by atoms with van der Waals surface area (Å²) in [5.41, 5.74) is 0. The third-order valence-electron chi connectivity index (χ3n) is 3.89. The summed E-state index contributed by atoms with van der Waals surface area (Å²) in [5.74, 6) is 1.30. The topological polar surface area (TPSA) is 24.5 Å². The van der Waals surface area contributed by atoms with E-state index in [1.54, 1.807) is 7.11 Å². The molecule has 0 bridgehead atoms. The molecule has 0 aromatic heterocycles. The quantitative estimate of drug-likeness (QED) is 0.782. The smallest absolute Gasteiger partial charge is 0.0589 e. The van der Waals surface area contributed by atoms with Crippen LogP contribution in [0.2, 0.25) is 0 Å². The number of methoxy groups -OCH3 is 1. The van der Waals surface area contributed by atoms with E-state index in [1.807, 2.05) is 0 Å². The Bertz CT molecular complexity index is 221. The van der Waals surface area contributed by atoms with Crippen LogP contribution in [0.5, 0.6) is 0 Å². The lowest BCUT2D eigenvalue weighted by Gasteiger charge is -2.30. The second-order valence-electron chi connectivity index (χ2n) is 5.31. The summed E-state index contributed by atoms with van der Waals surface area (Å²) in [5, 5.41) is 4.44. The Balaban J connectivity index is 1.83. The molecule has 2 fully saturated rings. The summed E-state index contributed by atoms with van der Waals surface area (Å²) in [6.07, 6.45) is 4.04. The van der Waals surface area contributed by atoms with Gasteiger partial charge in [-0.2, -0.15) is 11.8 Å². The summed E-state index contributed by atoms with van der Waals surface area (Å²) in [4.78, 5) is 2.66. The van der Waals surface area contributed by atoms with Gasteiger partial charge < -0.3 is 10.1 Å². The normalized spacial score (nSPS) is 33.7. The molecule has 0 aliphatic carbocycles. The zero-order valence-corrected chi connectivity index (χ0v) is 12.0. The van der Waals surface area contributed by atoms with Crippen molar-refractivity contribution in [2.75, 3.05) is 39.1 Å². The van der Waals surface area contributed by atoms with Crippen molar-refractivity contribution < 1.29 is 4.74 Å². The standard InChI is InChI=1S/C13H26N2OS/c1-11-8-13(10-17-11)15(6-7-16-2)9-12-4-3-5-14-12/h11-14H,3-10H2,1-2H3. The van der Waals surface area contributed by atoms with E-state index in [2.05, 4.69) is 28.9 Å². The highest BCUT2D eigenvalue weighted by Gasteiger charge is 2.29. The number of nitrogens with zero attached hydrogens (tertiary/aromatic N) is 1. The second kappa shape index (κ2) is 6.98. The first-order valence-corrected chi connectivity index (χ1v) is 7.92. The fraction of sp³-hybridized carbons (Fsp3) is 1.00. The molecule has 1 N–H and O–H groups in total. The van der Waals surface area contributed by atoms with Crippen molar-refractivity contribution in [3.05, 3.63) is 0 Å². The zero-order valence-electron chi connectivity index (χ0n) is 11.2. The van der Waals surface area contributed by atoms with E-state index >= 15 is 0 Å². The molecule has 3 nitrogen and oxygen atoms in total. The predicted octanol–water partition coefficient (Wildman–Crippen LogP) is 1.58. The average molecular weight is 258 g/mol. The van der Waals surface area contributed by atoms with Crippen molar-refractivity contribution in [1.82, 2.24) is 10.2 Å². The third kappa shape index (κ3) is 4.12. The van der Waals surface area contributed by atoms with Gasteiger partial charge in [-0.05, 0) is 25.8 Å². The first-order chi connectivity index (χ1) is 8.29. The number of thioether (sulfide) groups is 1. The van der Waals surface area contributed by atoms with Gasteiger partial charge in [0.25, 0.3) is 0 Å². The van der Waals surface area contributed by atoms with Crippen LogP contribution in [0.25, 0.3) is 0 Å². The van der Waals surface area contributed by atoms with Crippen LogP contribution in [0.4, 0.5) is 0 Å². The number of ether oxygens (including phenoxy) is 1. The predicted molar refractivity (Wildman–Crippen MR) is 74.8 cm³/mol. The molecule has 0 aromatic carbocycles. The zero-order chi connectivity index (χ0) is 12.1. The fourth-order valence-corrected chi connectivity index (χ4v) is 4.13. The van der Waals surface area contributed by atoms with E-state index in [4.69, 9.17) is 4.74 Å². The lowest BCUT2D eigenvalue weighted by molar-refractivity contribution is 0.118. The van der Waals surface area contributed by atoms with Gasteiger partial charge in [0.2, 0.25) is 0 Å². The van der Waals surface area contributed by atoms with Gasteiger partial charge in [-0.15, -0.1) is 0 Å². The maximum Gasteiger partial charge on any atom is 0.0589 e. The molecule has 3 atom stereocenters. The molecule has 0 saturated carbocycles. The third-order valence-corrected chi connectivity index (χ3v) is 5.23. The molecule has 4 heteroatoms. The van der Waals surface area contributed by atoms with E-state index in [1.165, 1.54) is 38.1 Å². The van der Waals surface area contributed by atoms with Crippen molar-refractivity contribution in [3.63, 3.8) is 0 Å². The van der Waals surface area contributed by atoms with Crippen LogP contribution < -0.4 is 5.32 Å². The maximum absolute atomic E-state index is 5.25. The van der Waals surface area contributed by atoms with Gasteiger partial charge in [0.15, 0.2) is 0 Å². The summed E-state index contributed by atoms with van der Waals surface area (Å²) in [6.45, 7) is 6.72. The fourth-order valence-electron chi connectivity index (χ4n) is 2.88. The number of nitrogens with one attached hydrogen (secondary N) is 1. The summed E-state index contributed by atoms with van der Waals surface area (Å²) in [6, 6.07) is 1.49. The van der Waals surface area contributed by atoms with Crippen molar-refractivity contribution in [3.8, 4) is 0 Å². The van der Waals surface area contributed by atoms with Gasteiger partial charge in [-0.1, -0.05) is 6.92 Å². The molecule has 2 aliphatic rings. The minimum absolute atomic E-state index is 0.716. The van der Waals surface area contributed by atoms with E-state index in [0.717, 1.165) is 24.4 Å². The van der Waals surface area contributed by atoms with Gasteiger partial charge in [-0.3, -0.25) is 4.90 Å². The van der Waals surface area contributed by atoms with Crippen LogP contribution in [0, 0.1) is 0 Å². The van der Waals surface area contributed by atoms with Crippen LogP contribution in [-0.4, -0.2) is 61.3 Å². The molecule has 2 aliphatic heterocycles. The summed E-state index contributed by atoms with van der Waals surface area (Å²) < 4.78 is 5.25. The first kappa shape index (κ1) is 13.7. The van der Waals surface area contributed by atoms with Crippen LogP contribution in [0.15, 0.2) is 0 Å². The molecular weight excluding hydrogens is 232 g/mol. The SMILES string of the molecule is COCCN(CC1CCCN1)C1CSC(C)C1. The summed E-state index contributed by atoms with van der Waals surface area (Å²) >= 11 is 2.12. The second-order valence-corrected chi connectivity index (χ2v) is 6.79. The lowest BCUT2D eigenvalue weighted by Crippen LogP contribution is -2.45. The molecule has 0 spiro atoms. The minimum Gasteiger partial charge on any atom is -0.383 e. The van der Waals surface area contributed by atoms with Crippen LogP contribution in [0.1, 0.15) is 26.2 Å². The van der Waals surface area contributed by atoms with Gasteiger partial charge >= 0.3 is 0 Å². The van der Waals surface area contributed by atoms with E-state index in [9.17, 15) is 0 Å². The van der Waals surface area contributed by atoms with Crippen LogP contribution in [0.3, 0.4) is 0 Å². The number of hydrogen-bond donors (Lipinski definition) is 1. The maximum atomic E-state index is 5.25. The van der Waals surface area contributed by atoms with Crippen molar-refractivity contribution in [1.29, 1.82) is 0 Å². The van der Waals surface area contributed by atoms with Gasteiger partial charge in [-0.25, -0.2) is 0 Å². The first-order valence-electron chi connectivity index (χ1n) is 6.87. The molecular formula is C13H26N2OS. The minimum atomic E-state index is 0.716. The number of rotatable bonds is 6. The molecule has 2 saturated heterocycles. The monoisotopic (exact) mass is 258 g/mol. The Morgan fingerprint density at radius 3 is 2.94 bits per heavy atom. The Kier molecular flexibility index (Phi) is 5.60. The number of hydrogen-bond acceptors (Lipinski definition) is 4. The van der Waals surface area contributed by atoms with Crippen molar-refractivity contribution >= 4 is 11.8 Å². The molecule has 2 heterocycles. The van der Waals surface area contributed by atoms with E-state index < -0.39 is 0 Å². The molecule has 100 valence electrons. The highest BCUT2D eigenvalue weighted by molar-refractivity contribution is 8.00. The van der Waals surface area contributed by atoms with Crippen molar-refractivity contribution in [2.24, 2.45) is 0 Å². The largest absolute Gasteiger partial charge is 0.383 e. The van der Waals surface area contributed by atoms with Crippen molar-refractivity contribution in [2.45, 2.75) is 43.5 Å². The lowest BCUT2D eigenvalue weighted by atomic mass is 10.1. The Hall–Kier alpha value is 0.230. The highest BCUT2D eigenvalue weighted by Crippen LogP contribution is 2.29. The molecule has 0 aromatic rings. The average Bonchev–Trinajstić information content (AvgIpc) is 2.95.